The lowest BCUT2D eigenvalue weighted by atomic mass is 9.98. The molecule has 0 aromatic heterocycles. The summed E-state index contributed by atoms with van der Waals surface area (Å²) >= 11 is 0. The molecule has 2 aromatic rings. The van der Waals surface area contributed by atoms with Crippen LogP contribution in [-0.2, 0) is 19.1 Å². The Morgan fingerprint density at radius 3 is 2.32 bits per heavy atom. The van der Waals surface area contributed by atoms with Gasteiger partial charge in [-0.15, -0.1) is 0 Å². The molecule has 34 heavy (non-hydrogen) atoms. The summed E-state index contributed by atoms with van der Waals surface area (Å²) in [5.41, 5.74) is 4.47. The third-order valence-electron chi connectivity index (χ3n) is 6.14. The average Bonchev–Trinajstić information content (AvgIpc) is 3.15. The molecule has 1 aliphatic heterocycles. The number of aliphatic carboxylic acids is 1. The van der Waals surface area contributed by atoms with Gasteiger partial charge in [-0.1, -0.05) is 48.5 Å². The molecule has 180 valence electrons. The smallest absolute Gasteiger partial charge is 0.407 e. The van der Waals surface area contributed by atoms with Crippen molar-refractivity contribution in [3.63, 3.8) is 0 Å². The number of fused-ring (bicyclic) bond motifs is 3. The number of benzene rings is 2. The van der Waals surface area contributed by atoms with Crippen molar-refractivity contribution < 1.29 is 29.0 Å². The fourth-order valence-electron chi connectivity index (χ4n) is 4.55. The Labute approximate surface area is 198 Å². The van der Waals surface area contributed by atoms with Crippen molar-refractivity contribution in [2.45, 2.75) is 18.1 Å². The first kappa shape index (κ1) is 23.7. The van der Waals surface area contributed by atoms with Gasteiger partial charge in [0, 0.05) is 19.0 Å². The van der Waals surface area contributed by atoms with Crippen molar-refractivity contribution in [3.05, 3.63) is 59.7 Å². The van der Waals surface area contributed by atoms with Crippen molar-refractivity contribution in [2.24, 2.45) is 0 Å². The number of nitrogens with zero attached hydrogens (tertiary/aromatic N) is 2. The zero-order valence-corrected chi connectivity index (χ0v) is 19.3. The SMILES string of the molecule is CN(C)CC(NC(=O)OCC1c2ccccc2-c2ccccc21)C(=O)N1CCOC(C(=O)O)C1. The number of nitrogens with one attached hydrogen (secondary N) is 1. The van der Waals surface area contributed by atoms with Crippen LogP contribution in [0.3, 0.4) is 0 Å². The number of alkyl carbamates (subject to hydrolysis) is 1. The highest BCUT2D eigenvalue weighted by Crippen LogP contribution is 2.44. The number of carbonyl (C=O) groups is 3. The third-order valence-corrected chi connectivity index (χ3v) is 6.14. The van der Waals surface area contributed by atoms with Gasteiger partial charge in [0.2, 0.25) is 5.91 Å². The van der Waals surface area contributed by atoms with E-state index in [0.717, 1.165) is 22.3 Å². The number of amides is 2. The lowest BCUT2D eigenvalue weighted by molar-refractivity contribution is -0.160. The van der Waals surface area contributed by atoms with Gasteiger partial charge in [0.05, 0.1) is 13.2 Å². The standard InChI is InChI=1S/C25H29N3O6/c1-27(2)13-21(23(29)28-11-12-33-22(14-28)24(30)31)26-25(32)34-15-20-18-9-5-3-7-16(18)17-8-4-6-10-19(17)20/h3-10,20-22H,11-15H2,1-2H3,(H,26,32)(H,30,31). The van der Waals surface area contributed by atoms with Gasteiger partial charge in [-0.05, 0) is 36.3 Å². The molecule has 2 unspecified atom stereocenters. The number of rotatable bonds is 7. The lowest BCUT2D eigenvalue weighted by Crippen LogP contribution is -2.57. The van der Waals surface area contributed by atoms with Crippen LogP contribution >= 0.6 is 0 Å². The molecule has 2 amide bonds. The van der Waals surface area contributed by atoms with Gasteiger partial charge < -0.3 is 29.7 Å². The summed E-state index contributed by atoms with van der Waals surface area (Å²) in [6, 6.07) is 15.2. The Balaban J connectivity index is 1.42. The van der Waals surface area contributed by atoms with Crippen LogP contribution in [0.2, 0.25) is 0 Å². The molecule has 2 atom stereocenters. The molecule has 2 aromatic carbocycles. The maximum atomic E-state index is 13.1. The molecule has 9 heteroatoms. The van der Waals surface area contributed by atoms with Crippen LogP contribution < -0.4 is 5.32 Å². The molecule has 2 N–H and O–H groups in total. The summed E-state index contributed by atoms with van der Waals surface area (Å²) in [7, 11) is 3.58. The summed E-state index contributed by atoms with van der Waals surface area (Å²) < 4.78 is 10.8. The van der Waals surface area contributed by atoms with Crippen molar-refractivity contribution in [2.75, 3.05) is 46.9 Å². The van der Waals surface area contributed by atoms with Crippen LogP contribution in [-0.4, -0.2) is 92.0 Å². The largest absolute Gasteiger partial charge is 0.479 e. The number of ether oxygens (including phenoxy) is 2. The van der Waals surface area contributed by atoms with E-state index in [0.29, 0.717) is 0 Å². The number of hydrogen-bond donors (Lipinski definition) is 2. The van der Waals surface area contributed by atoms with Crippen molar-refractivity contribution >= 4 is 18.0 Å². The maximum Gasteiger partial charge on any atom is 0.407 e. The second-order valence-electron chi connectivity index (χ2n) is 8.77. The molecule has 9 nitrogen and oxygen atoms in total. The van der Waals surface area contributed by atoms with Crippen LogP contribution in [0, 0.1) is 0 Å². The van der Waals surface area contributed by atoms with E-state index in [1.165, 1.54) is 4.90 Å². The van der Waals surface area contributed by atoms with Gasteiger partial charge >= 0.3 is 12.1 Å². The first-order valence-corrected chi connectivity index (χ1v) is 11.2. The monoisotopic (exact) mass is 467 g/mol. The zero-order valence-electron chi connectivity index (χ0n) is 19.3. The molecule has 0 saturated carbocycles. The topological polar surface area (TPSA) is 108 Å². The lowest BCUT2D eigenvalue weighted by Gasteiger charge is -2.34. The van der Waals surface area contributed by atoms with Gasteiger partial charge in [0.15, 0.2) is 6.10 Å². The molecular weight excluding hydrogens is 438 g/mol. The molecule has 4 rings (SSSR count). The van der Waals surface area contributed by atoms with Gasteiger partial charge in [0.25, 0.3) is 0 Å². The number of carbonyl (C=O) groups excluding carboxylic acids is 2. The molecule has 1 saturated heterocycles. The van der Waals surface area contributed by atoms with Crippen molar-refractivity contribution in [1.29, 1.82) is 0 Å². The number of hydrogen-bond acceptors (Lipinski definition) is 6. The van der Waals surface area contributed by atoms with E-state index in [2.05, 4.69) is 17.4 Å². The Hall–Kier alpha value is -3.43. The van der Waals surface area contributed by atoms with Gasteiger partial charge in [-0.2, -0.15) is 0 Å². The molecule has 2 aliphatic rings. The zero-order chi connectivity index (χ0) is 24.2. The highest BCUT2D eigenvalue weighted by molar-refractivity contribution is 5.87. The van der Waals surface area contributed by atoms with Crippen LogP contribution in [0.15, 0.2) is 48.5 Å². The van der Waals surface area contributed by atoms with E-state index < -0.39 is 24.2 Å². The normalized spacial score (nSPS) is 18.2. The van der Waals surface area contributed by atoms with E-state index in [1.54, 1.807) is 19.0 Å². The quantitative estimate of drug-likeness (QED) is 0.639. The minimum absolute atomic E-state index is 0.0650. The summed E-state index contributed by atoms with van der Waals surface area (Å²) in [5, 5.41) is 11.9. The number of likely N-dealkylation sites (N-methyl/N-ethyl adjacent to an activating group) is 1. The third kappa shape index (κ3) is 5.05. The van der Waals surface area contributed by atoms with Crippen molar-refractivity contribution in [3.8, 4) is 11.1 Å². The van der Waals surface area contributed by atoms with E-state index >= 15 is 0 Å². The fraction of sp³-hybridized carbons (Fsp3) is 0.400. The number of morpholine rings is 1. The van der Waals surface area contributed by atoms with Gasteiger partial charge in [-0.25, -0.2) is 9.59 Å². The number of carboxylic acids is 1. The van der Waals surface area contributed by atoms with E-state index in [9.17, 15) is 19.5 Å². The molecule has 1 fully saturated rings. The first-order valence-electron chi connectivity index (χ1n) is 11.2. The molecule has 0 bridgehead atoms. The maximum absolute atomic E-state index is 13.1. The van der Waals surface area contributed by atoms with Crippen LogP contribution in [0.5, 0.6) is 0 Å². The summed E-state index contributed by atoms with van der Waals surface area (Å²) in [5.74, 6) is -1.57. The molecule has 1 aliphatic carbocycles. The van der Waals surface area contributed by atoms with Crippen LogP contribution in [0.4, 0.5) is 4.79 Å². The van der Waals surface area contributed by atoms with Crippen LogP contribution in [0.25, 0.3) is 11.1 Å². The summed E-state index contributed by atoms with van der Waals surface area (Å²) in [6.45, 7) is 0.714. The Morgan fingerprint density at radius 1 is 1.12 bits per heavy atom. The molecule has 1 heterocycles. The molecular formula is C25H29N3O6. The van der Waals surface area contributed by atoms with Crippen molar-refractivity contribution in [1.82, 2.24) is 15.1 Å². The molecule has 0 radical (unpaired) electrons. The second-order valence-corrected chi connectivity index (χ2v) is 8.77. The summed E-state index contributed by atoms with van der Waals surface area (Å²) in [6.07, 6.45) is -1.77. The van der Waals surface area contributed by atoms with E-state index in [1.807, 2.05) is 36.4 Å². The minimum Gasteiger partial charge on any atom is -0.479 e. The van der Waals surface area contributed by atoms with Gasteiger partial charge in [0.1, 0.15) is 12.6 Å². The summed E-state index contributed by atoms with van der Waals surface area (Å²) in [4.78, 5) is 40.3. The first-order chi connectivity index (χ1) is 16.3. The predicted octanol–water partition coefficient (Wildman–Crippen LogP) is 1.77. The van der Waals surface area contributed by atoms with E-state index in [4.69, 9.17) is 9.47 Å². The van der Waals surface area contributed by atoms with E-state index in [-0.39, 0.29) is 44.7 Å². The van der Waals surface area contributed by atoms with Crippen LogP contribution in [0.1, 0.15) is 17.0 Å². The Kier molecular flexibility index (Phi) is 7.14. The Morgan fingerprint density at radius 2 is 1.74 bits per heavy atom. The fourth-order valence-corrected chi connectivity index (χ4v) is 4.55. The highest BCUT2D eigenvalue weighted by Gasteiger charge is 2.34. The minimum atomic E-state index is -1.12. The predicted molar refractivity (Wildman–Crippen MR) is 125 cm³/mol. The van der Waals surface area contributed by atoms with Gasteiger partial charge in [-0.3, -0.25) is 4.79 Å². The second kappa shape index (κ2) is 10.2. The average molecular weight is 468 g/mol. The number of carboxylic acid groups (broad SMARTS) is 1. The highest BCUT2D eigenvalue weighted by atomic mass is 16.5. The molecule has 0 spiro atoms. The Bertz CT molecular complexity index is 1030.